The molecule has 0 N–H and O–H groups in total. The van der Waals surface area contributed by atoms with Gasteiger partial charge < -0.3 is 9.32 Å². The fourth-order valence-electron chi connectivity index (χ4n) is 2.35. The Bertz CT molecular complexity index is 686. The van der Waals surface area contributed by atoms with Gasteiger partial charge in [-0.05, 0) is 6.42 Å². The first-order chi connectivity index (χ1) is 10.3. The molecule has 0 unspecified atom stereocenters. The Balaban J connectivity index is 1.69. The van der Waals surface area contributed by atoms with Crippen LogP contribution in [0, 0.1) is 0 Å². The summed E-state index contributed by atoms with van der Waals surface area (Å²) in [4.78, 5) is 18.6. The monoisotopic (exact) mass is 320 g/mol. The highest BCUT2D eigenvalue weighted by molar-refractivity contribution is 8.00. The van der Waals surface area contributed by atoms with Crippen LogP contribution in [0.4, 0.5) is 5.69 Å². The number of carbonyl (C=O) groups excluding carboxylic acids is 1. The molecular formula is C15H20N4O2S. The zero-order valence-electron chi connectivity index (χ0n) is 13.2. The summed E-state index contributed by atoms with van der Waals surface area (Å²) < 4.78 is 7.47. The largest absolute Gasteiger partial charge is 0.436 e. The van der Waals surface area contributed by atoms with Crippen molar-refractivity contribution in [2.75, 3.05) is 11.4 Å². The highest BCUT2D eigenvalue weighted by Crippen LogP contribution is 2.34. The summed E-state index contributed by atoms with van der Waals surface area (Å²) in [5.74, 6) is 0.929. The lowest BCUT2D eigenvalue weighted by Gasteiger charge is -2.14. The summed E-state index contributed by atoms with van der Waals surface area (Å²) >= 11 is 1.41. The first-order valence-corrected chi connectivity index (χ1v) is 8.15. The van der Waals surface area contributed by atoms with Crippen molar-refractivity contribution < 1.29 is 9.21 Å². The summed E-state index contributed by atoms with van der Waals surface area (Å²) in [6.45, 7) is 6.93. The van der Waals surface area contributed by atoms with Crippen molar-refractivity contribution in [3.63, 3.8) is 0 Å². The van der Waals surface area contributed by atoms with Gasteiger partial charge in [0.2, 0.25) is 5.91 Å². The van der Waals surface area contributed by atoms with Gasteiger partial charge >= 0.3 is 0 Å². The van der Waals surface area contributed by atoms with Crippen molar-refractivity contribution in [1.82, 2.24) is 14.8 Å². The van der Waals surface area contributed by atoms with Crippen molar-refractivity contribution in [2.45, 2.75) is 43.1 Å². The standard InChI is InChI=1S/C15H20N4O2S/c1-15(2,3)12-8-16-14(21-12)22-11-5-6-19(13(11)20)10-7-17-18(4)9-10/h7-9,11H,5-6H2,1-4H3/t11-/m0/s1. The lowest BCUT2D eigenvalue weighted by atomic mass is 9.94. The molecule has 1 aliphatic rings. The molecule has 0 aliphatic carbocycles. The molecule has 2 aromatic heterocycles. The van der Waals surface area contributed by atoms with Gasteiger partial charge in [0.15, 0.2) is 0 Å². The van der Waals surface area contributed by atoms with Gasteiger partial charge in [-0.25, -0.2) is 4.98 Å². The number of thioether (sulfide) groups is 1. The van der Waals surface area contributed by atoms with Crippen molar-refractivity contribution in [3.05, 3.63) is 24.4 Å². The molecule has 0 spiro atoms. The van der Waals surface area contributed by atoms with E-state index in [4.69, 9.17) is 4.42 Å². The van der Waals surface area contributed by atoms with Gasteiger partial charge in [0, 0.05) is 25.2 Å². The molecule has 1 saturated heterocycles. The van der Waals surface area contributed by atoms with Crippen LogP contribution in [0.1, 0.15) is 33.0 Å². The van der Waals surface area contributed by atoms with Crippen molar-refractivity contribution >= 4 is 23.4 Å². The molecule has 3 rings (SSSR count). The molecule has 22 heavy (non-hydrogen) atoms. The zero-order chi connectivity index (χ0) is 15.9. The third-order valence-corrected chi connectivity index (χ3v) is 4.74. The molecule has 0 saturated carbocycles. The summed E-state index contributed by atoms with van der Waals surface area (Å²) in [6, 6.07) is 0. The molecule has 1 atom stereocenters. The van der Waals surface area contributed by atoms with Gasteiger partial charge in [-0.3, -0.25) is 9.48 Å². The Morgan fingerprint density at radius 1 is 1.36 bits per heavy atom. The van der Waals surface area contributed by atoms with Crippen LogP contribution in [0.5, 0.6) is 0 Å². The summed E-state index contributed by atoms with van der Waals surface area (Å²) in [5.41, 5.74) is 0.770. The SMILES string of the molecule is Cn1cc(N2CC[C@H](Sc3ncc(C(C)(C)C)o3)C2=O)cn1. The van der Waals surface area contributed by atoms with E-state index in [2.05, 4.69) is 30.9 Å². The smallest absolute Gasteiger partial charge is 0.256 e. The Hall–Kier alpha value is -1.76. The van der Waals surface area contributed by atoms with Crippen LogP contribution in [-0.4, -0.2) is 32.5 Å². The molecule has 2 aromatic rings. The topological polar surface area (TPSA) is 64.2 Å². The highest BCUT2D eigenvalue weighted by atomic mass is 32.2. The van der Waals surface area contributed by atoms with Crippen LogP contribution in [0.2, 0.25) is 0 Å². The molecule has 1 aliphatic heterocycles. The first kappa shape index (κ1) is 15.1. The predicted octanol–water partition coefficient (Wildman–Crippen LogP) is 2.60. The second kappa shape index (κ2) is 5.46. The molecule has 1 amide bonds. The lowest BCUT2D eigenvalue weighted by Crippen LogP contribution is -2.27. The van der Waals surface area contributed by atoms with E-state index in [1.54, 1.807) is 22.0 Å². The quantitative estimate of drug-likeness (QED) is 0.870. The van der Waals surface area contributed by atoms with E-state index in [-0.39, 0.29) is 16.6 Å². The van der Waals surface area contributed by atoms with Crippen LogP contribution in [0.15, 0.2) is 28.2 Å². The maximum Gasteiger partial charge on any atom is 0.256 e. The number of anilines is 1. The second-order valence-corrected chi connectivity index (χ2v) is 7.65. The van der Waals surface area contributed by atoms with Crippen molar-refractivity contribution in [2.24, 2.45) is 7.05 Å². The number of hydrogen-bond donors (Lipinski definition) is 0. The van der Waals surface area contributed by atoms with Crippen molar-refractivity contribution in [1.29, 1.82) is 0 Å². The molecule has 3 heterocycles. The van der Waals surface area contributed by atoms with E-state index >= 15 is 0 Å². The molecular weight excluding hydrogens is 300 g/mol. The van der Waals surface area contributed by atoms with E-state index in [0.29, 0.717) is 11.8 Å². The molecule has 1 fully saturated rings. The number of carbonyl (C=O) groups is 1. The Morgan fingerprint density at radius 3 is 2.73 bits per heavy atom. The van der Waals surface area contributed by atoms with Crippen molar-refractivity contribution in [3.8, 4) is 0 Å². The number of nitrogens with zero attached hydrogens (tertiary/aromatic N) is 4. The van der Waals surface area contributed by atoms with Gasteiger partial charge in [-0.1, -0.05) is 32.5 Å². The number of rotatable bonds is 3. The number of aromatic nitrogens is 3. The Kier molecular flexibility index (Phi) is 3.76. The van der Waals surface area contributed by atoms with Crippen LogP contribution < -0.4 is 4.90 Å². The van der Waals surface area contributed by atoms with Gasteiger partial charge in [-0.2, -0.15) is 5.10 Å². The minimum Gasteiger partial charge on any atom is -0.436 e. The third kappa shape index (κ3) is 2.90. The highest BCUT2D eigenvalue weighted by Gasteiger charge is 2.35. The summed E-state index contributed by atoms with van der Waals surface area (Å²) in [6.07, 6.45) is 6.11. The number of hydrogen-bond acceptors (Lipinski definition) is 5. The number of aryl methyl sites for hydroxylation is 1. The number of amides is 1. The fourth-order valence-corrected chi connectivity index (χ4v) is 3.29. The van der Waals surface area contributed by atoms with E-state index in [1.165, 1.54) is 11.8 Å². The van der Waals surface area contributed by atoms with Crippen LogP contribution in [-0.2, 0) is 17.3 Å². The Morgan fingerprint density at radius 2 is 2.14 bits per heavy atom. The van der Waals surface area contributed by atoms with Crippen LogP contribution >= 0.6 is 11.8 Å². The molecule has 0 bridgehead atoms. The number of oxazole rings is 1. The average molecular weight is 320 g/mol. The summed E-state index contributed by atoms with van der Waals surface area (Å²) in [5, 5.41) is 4.54. The fraction of sp³-hybridized carbons (Fsp3) is 0.533. The third-order valence-electron chi connectivity index (χ3n) is 3.63. The maximum atomic E-state index is 12.5. The van der Waals surface area contributed by atoms with E-state index in [9.17, 15) is 4.79 Å². The average Bonchev–Trinajstić information content (AvgIpc) is 3.12. The second-order valence-electron chi connectivity index (χ2n) is 6.50. The van der Waals surface area contributed by atoms with E-state index < -0.39 is 0 Å². The minimum absolute atomic E-state index is 0.0762. The predicted molar refractivity (Wildman–Crippen MR) is 85.0 cm³/mol. The van der Waals surface area contributed by atoms with Gasteiger partial charge in [0.1, 0.15) is 5.76 Å². The van der Waals surface area contributed by atoms with Crippen LogP contribution in [0.3, 0.4) is 0 Å². The lowest BCUT2D eigenvalue weighted by molar-refractivity contribution is -0.116. The normalized spacial score (nSPS) is 19.2. The molecule has 7 heteroatoms. The van der Waals surface area contributed by atoms with E-state index in [1.807, 2.05) is 13.2 Å². The van der Waals surface area contributed by atoms with Gasteiger partial charge in [0.25, 0.3) is 5.22 Å². The molecule has 0 radical (unpaired) electrons. The molecule has 118 valence electrons. The molecule has 6 nitrogen and oxygen atoms in total. The van der Waals surface area contributed by atoms with Gasteiger partial charge in [-0.15, -0.1) is 0 Å². The van der Waals surface area contributed by atoms with E-state index in [0.717, 1.165) is 17.9 Å². The summed E-state index contributed by atoms with van der Waals surface area (Å²) in [7, 11) is 1.84. The zero-order valence-corrected chi connectivity index (χ0v) is 14.1. The minimum atomic E-state index is -0.147. The van der Waals surface area contributed by atoms with Gasteiger partial charge in [0.05, 0.1) is 23.3 Å². The first-order valence-electron chi connectivity index (χ1n) is 7.27. The molecule has 0 aromatic carbocycles. The maximum absolute atomic E-state index is 12.5. The Labute approximate surface area is 133 Å². The van der Waals surface area contributed by atoms with Crippen LogP contribution in [0.25, 0.3) is 0 Å².